The first kappa shape index (κ1) is 24.7. The fourth-order valence-electron chi connectivity index (χ4n) is 0.928. The van der Waals surface area contributed by atoms with E-state index in [2.05, 4.69) is 0 Å². The number of ether oxygens (including phenoxy) is 3. The molecule has 0 aliphatic rings. The molecule has 0 saturated carbocycles. The molecule has 2 atom stereocenters. The van der Waals surface area contributed by atoms with Gasteiger partial charge in [0.05, 0.1) is 39.6 Å². The topological polar surface area (TPSA) is 132 Å². The van der Waals surface area contributed by atoms with Gasteiger partial charge in [-0.1, -0.05) is 7.43 Å². The van der Waals surface area contributed by atoms with Crippen molar-refractivity contribution in [2.75, 3.05) is 52.7 Å². The lowest BCUT2D eigenvalue weighted by Crippen LogP contribution is -2.27. The normalized spacial score (nSPS) is 12.9. The van der Waals surface area contributed by atoms with Crippen LogP contribution in [-0.2, 0) is 14.2 Å². The Morgan fingerprint density at radius 1 is 0.700 bits per heavy atom. The molecule has 0 aliphatic carbocycles. The molecule has 0 spiro atoms. The van der Waals surface area contributed by atoms with E-state index in [-0.39, 0.29) is 19.5 Å². The molecule has 126 valence electrons. The Bertz CT molecular complexity index is 145. The van der Waals surface area contributed by atoms with Gasteiger partial charge < -0.3 is 37.1 Å². The molecule has 0 radical (unpaired) electrons. The van der Waals surface area contributed by atoms with Crippen molar-refractivity contribution in [1.82, 2.24) is 0 Å². The summed E-state index contributed by atoms with van der Waals surface area (Å²) in [6, 6.07) is 0.229. The van der Waals surface area contributed by atoms with Gasteiger partial charge in [-0.2, -0.15) is 0 Å². The molecular weight excluding hydrogens is 260 g/mol. The summed E-state index contributed by atoms with van der Waals surface area (Å²) in [5, 5.41) is 0. The summed E-state index contributed by atoms with van der Waals surface area (Å²) in [7, 11) is 0. The van der Waals surface area contributed by atoms with Gasteiger partial charge in [0.25, 0.3) is 0 Å². The second-order valence-electron chi connectivity index (χ2n) is 4.29. The van der Waals surface area contributed by atoms with E-state index in [0.29, 0.717) is 52.7 Å². The molecule has 0 fully saturated rings. The van der Waals surface area contributed by atoms with Crippen molar-refractivity contribution in [3.05, 3.63) is 0 Å². The lowest BCUT2D eigenvalue weighted by Gasteiger charge is -2.08. The van der Waals surface area contributed by atoms with Gasteiger partial charge in [0.15, 0.2) is 0 Å². The van der Waals surface area contributed by atoms with Gasteiger partial charge in [-0.05, 0) is 13.8 Å². The average molecular weight is 296 g/mol. The fourth-order valence-corrected chi connectivity index (χ4v) is 0.928. The monoisotopic (exact) mass is 296 g/mol. The third-order valence-electron chi connectivity index (χ3n) is 1.66. The molecule has 0 aromatic rings. The van der Waals surface area contributed by atoms with E-state index in [1.54, 1.807) is 0 Å². The number of nitrogens with two attached hydrogens (primary N) is 4. The molecule has 8 N–H and O–H groups in total. The summed E-state index contributed by atoms with van der Waals surface area (Å²) in [5.41, 5.74) is 21.2. The third kappa shape index (κ3) is 30.6. The molecule has 20 heavy (non-hydrogen) atoms. The van der Waals surface area contributed by atoms with Crippen LogP contribution >= 0.6 is 0 Å². The molecule has 0 bridgehead atoms. The predicted octanol–water partition coefficient (Wildman–Crippen LogP) is -0.729. The summed E-state index contributed by atoms with van der Waals surface area (Å²) >= 11 is 0. The van der Waals surface area contributed by atoms with Crippen molar-refractivity contribution in [2.45, 2.75) is 33.4 Å². The van der Waals surface area contributed by atoms with Crippen LogP contribution in [0.15, 0.2) is 0 Å². The maximum Gasteiger partial charge on any atom is 0.0701 e. The number of hydrogen-bond donors (Lipinski definition) is 4. The maximum absolute atomic E-state index is 5.41. The molecule has 0 heterocycles. The highest BCUT2D eigenvalue weighted by Gasteiger charge is 1.95. The molecule has 0 rings (SSSR count). The first-order valence-electron chi connectivity index (χ1n) is 6.69. The first-order valence-corrected chi connectivity index (χ1v) is 6.69. The van der Waals surface area contributed by atoms with Crippen LogP contribution in [0.4, 0.5) is 0 Å². The van der Waals surface area contributed by atoms with Crippen LogP contribution in [0.5, 0.6) is 0 Å². The minimum absolute atomic E-state index is 0. The Morgan fingerprint density at radius 3 is 1.30 bits per heavy atom. The minimum Gasteiger partial charge on any atom is -0.378 e. The minimum atomic E-state index is 0. The highest BCUT2D eigenvalue weighted by molar-refractivity contribution is 4.52. The fraction of sp³-hybridized carbons (Fsp3) is 1.00. The van der Waals surface area contributed by atoms with Gasteiger partial charge in [-0.15, -0.1) is 0 Å². The number of rotatable bonds is 11. The van der Waals surface area contributed by atoms with Crippen molar-refractivity contribution >= 4 is 0 Å². The maximum atomic E-state index is 5.41. The molecule has 7 heteroatoms. The van der Waals surface area contributed by atoms with Crippen LogP contribution in [-0.4, -0.2) is 64.8 Å². The van der Waals surface area contributed by atoms with E-state index < -0.39 is 0 Å². The largest absolute Gasteiger partial charge is 0.378 e. The van der Waals surface area contributed by atoms with E-state index in [9.17, 15) is 0 Å². The standard InChI is InChI=1S/C6H16N2O2.C6H16N2O.CH4/c7-1-3-9-5-6-10-4-2-8;1-5(7)3-9-4-6(2)8;/h1-8H2;5-6H,3-4,7-8H2,1-2H3;1H4. The van der Waals surface area contributed by atoms with Gasteiger partial charge in [-0.3, -0.25) is 0 Å². The van der Waals surface area contributed by atoms with Gasteiger partial charge >= 0.3 is 0 Å². The molecule has 0 aliphatic heterocycles. The van der Waals surface area contributed by atoms with Gasteiger partial charge in [-0.25, -0.2) is 0 Å². The zero-order chi connectivity index (χ0) is 14.9. The quantitative estimate of drug-likeness (QED) is 0.370. The second kappa shape index (κ2) is 21.0. The molecule has 0 aromatic carbocycles. The number of hydrogen-bond acceptors (Lipinski definition) is 7. The van der Waals surface area contributed by atoms with Crippen LogP contribution in [0, 0.1) is 0 Å². The smallest absolute Gasteiger partial charge is 0.0701 e. The van der Waals surface area contributed by atoms with Crippen LogP contribution in [0.1, 0.15) is 21.3 Å². The Hall–Kier alpha value is -0.280. The Labute approximate surface area is 124 Å². The van der Waals surface area contributed by atoms with Gasteiger partial charge in [0, 0.05) is 25.2 Å². The Balaban J connectivity index is -0.000000277. The average Bonchev–Trinajstić information content (AvgIpc) is 2.33. The molecular formula is C13H36N4O3. The van der Waals surface area contributed by atoms with Crippen LogP contribution in [0.3, 0.4) is 0 Å². The van der Waals surface area contributed by atoms with Gasteiger partial charge in [0.1, 0.15) is 0 Å². The summed E-state index contributed by atoms with van der Waals surface area (Å²) in [6.45, 7) is 8.56. The van der Waals surface area contributed by atoms with Crippen LogP contribution in [0.2, 0.25) is 0 Å². The van der Waals surface area contributed by atoms with E-state index in [1.165, 1.54) is 0 Å². The molecule has 2 unspecified atom stereocenters. The van der Waals surface area contributed by atoms with Crippen LogP contribution in [0.25, 0.3) is 0 Å². The zero-order valence-electron chi connectivity index (χ0n) is 12.3. The summed E-state index contributed by atoms with van der Waals surface area (Å²) in [6.07, 6.45) is 0. The van der Waals surface area contributed by atoms with Crippen molar-refractivity contribution in [2.24, 2.45) is 22.9 Å². The Kier molecular flexibility index (Phi) is 26.0. The SMILES string of the molecule is C.CC(N)COCC(C)N.NCCOCCOCCN. The lowest BCUT2D eigenvalue weighted by atomic mass is 10.4. The van der Waals surface area contributed by atoms with Gasteiger partial charge in [0.2, 0.25) is 0 Å². The van der Waals surface area contributed by atoms with E-state index in [0.717, 1.165) is 0 Å². The van der Waals surface area contributed by atoms with Crippen molar-refractivity contribution in [1.29, 1.82) is 0 Å². The molecule has 0 amide bonds. The summed E-state index contributed by atoms with van der Waals surface area (Å²) in [5.74, 6) is 0. The van der Waals surface area contributed by atoms with E-state index >= 15 is 0 Å². The highest BCUT2D eigenvalue weighted by atomic mass is 16.5. The molecule has 0 saturated heterocycles. The molecule has 0 aromatic heterocycles. The van der Waals surface area contributed by atoms with Crippen LogP contribution < -0.4 is 22.9 Å². The lowest BCUT2D eigenvalue weighted by molar-refractivity contribution is 0.0538. The molecule has 7 nitrogen and oxygen atoms in total. The van der Waals surface area contributed by atoms with Crippen molar-refractivity contribution < 1.29 is 14.2 Å². The van der Waals surface area contributed by atoms with E-state index in [4.69, 9.17) is 37.1 Å². The first-order chi connectivity index (χ1) is 9.04. The van der Waals surface area contributed by atoms with E-state index in [1.807, 2.05) is 13.8 Å². The van der Waals surface area contributed by atoms with Crippen molar-refractivity contribution in [3.63, 3.8) is 0 Å². The predicted molar refractivity (Wildman–Crippen MR) is 84.6 cm³/mol. The second-order valence-corrected chi connectivity index (χ2v) is 4.29. The van der Waals surface area contributed by atoms with Crippen molar-refractivity contribution in [3.8, 4) is 0 Å². The highest BCUT2D eigenvalue weighted by Crippen LogP contribution is 1.81. The summed E-state index contributed by atoms with van der Waals surface area (Å²) in [4.78, 5) is 0. The Morgan fingerprint density at radius 2 is 1.05 bits per heavy atom. The zero-order valence-corrected chi connectivity index (χ0v) is 12.3. The summed E-state index contributed by atoms with van der Waals surface area (Å²) < 4.78 is 15.2. The third-order valence-corrected chi connectivity index (χ3v) is 1.66.